The van der Waals surface area contributed by atoms with Crippen LogP contribution < -0.4 is 16.1 Å². The first-order valence-electron chi connectivity index (χ1n) is 10.1. The van der Waals surface area contributed by atoms with Crippen molar-refractivity contribution < 1.29 is 14.3 Å². The first-order chi connectivity index (χ1) is 12.7. The van der Waals surface area contributed by atoms with Crippen molar-refractivity contribution >= 4 is 12.4 Å². The molecule has 148 valence electrons. The van der Waals surface area contributed by atoms with Crippen LogP contribution in [0.2, 0.25) is 0 Å². The summed E-state index contributed by atoms with van der Waals surface area (Å²) in [6, 6.07) is 0.698. The van der Waals surface area contributed by atoms with Gasteiger partial charge >= 0.3 is 5.97 Å². The summed E-state index contributed by atoms with van der Waals surface area (Å²) < 4.78 is 5.64. The van der Waals surface area contributed by atoms with Gasteiger partial charge in [-0.15, -0.1) is 0 Å². The number of hydrogen-bond acceptors (Lipinski definition) is 7. The molecule has 3 fully saturated rings. The Balaban J connectivity index is 1.37. The third-order valence-corrected chi connectivity index (χ3v) is 5.88. The fourth-order valence-corrected chi connectivity index (χ4v) is 4.35. The predicted molar refractivity (Wildman–Crippen MR) is 98.1 cm³/mol. The molecular weight excluding hydrogens is 334 g/mol. The molecule has 0 atom stereocenters. The Morgan fingerprint density at radius 3 is 2.46 bits per heavy atom. The van der Waals surface area contributed by atoms with Gasteiger partial charge in [-0.1, -0.05) is 6.42 Å². The van der Waals surface area contributed by atoms with E-state index >= 15 is 0 Å². The van der Waals surface area contributed by atoms with Crippen molar-refractivity contribution in [3.8, 4) is 0 Å². The molecule has 1 amide bonds. The van der Waals surface area contributed by atoms with Gasteiger partial charge in [0.25, 0.3) is 0 Å². The Kier molecular flexibility index (Phi) is 7.24. The van der Waals surface area contributed by atoms with Crippen LogP contribution in [0.5, 0.6) is 0 Å². The molecule has 0 aromatic rings. The van der Waals surface area contributed by atoms with E-state index in [1.54, 1.807) is 0 Å². The fraction of sp³-hybridized carbons (Fsp3) is 0.889. The van der Waals surface area contributed by atoms with Crippen LogP contribution in [-0.2, 0) is 14.3 Å². The van der Waals surface area contributed by atoms with Crippen LogP contribution in [0.15, 0.2) is 0 Å². The topological polar surface area (TPSA) is 85.9 Å². The maximum absolute atomic E-state index is 12.3. The third-order valence-electron chi connectivity index (χ3n) is 5.88. The van der Waals surface area contributed by atoms with E-state index in [1.165, 1.54) is 12.8 Å². The quantitative estimate of drug-likeness (QED) is 0.327. The molecule has 26 heavy (non-hydrogen) atoms. The summed E-state index contributed by atoms with van der Waals surface area (Å²) in [5.41, 5.74) is 2.40. The number of rotatable bonds is 7. The van der Waals surface area contributed by atoms with Gasteiger partial charge in [0.05, 0.1) is 0 Å². The largest absolute Gasteiger partial charge is 0.438 e. The van der Waals surface area contributed by atoms with E-state index in [2.05, 4.69) is 26.0 Å². The highest BCUT2D eigenvalue weighted by Gasteiger charge is 2.35. The van der Waals surface area contributed by atoms with Crippen LogP contribution in [0.3, 0.4) is 0 Å². The molecule has 3 aliphatic rings. The highest BCUT2D eigenvalue weighted by atomic mass is 16.6. The van der Waals surface area contributed by atoms with Crippen LogP contribution in [0.1, 0.15) is 44.9 Å². The molecule has 0 aromatic carbocycles. The molecule has 2 saturated heterocycles. The normalized spacial score (nSPS) is 25.5. The number of amides is 1. The summed E-state index contributed by atoms with van der Waals surface area (Å²) in [5.74, 6) is -0.304. The summed E-state index contributed by atoms with van der Waals surface area (Å²) in [6.07, 6.45) is 7.57. The van der Waals surface area contributed by atoms with E-state index in [-0.39, 0.29) is 12.5 Å². The van der Waals surface area contributed by atoms with E-state index in [1.807, 2.05) is 0 Å². The number of piperidine rings is 1. The molecule has 3 N–H and O–H groups in total. The lowest BCUT2D eigenvalue weighted by atomic mass is 9.91. The zero-order valence-corrected chi connectivity index (χ0v) is 15.7. The summed E-state index contributed by atoms with van der Waals surface area (Å²) in [5, 5.41) is 8.26. The number of hydrazine groups is 1. The van der Waals surface area contributed by atoms with Crippen LogP contribution >= 0.6 is 0 Å². The molecule has 1 saturated carbocycles. The van der Waals surface area contributed by atoms with Gasteiger partial charge in [-0.2, -0.15) is 0 Å². The first-order valence-corrected chi connectivity index (χ1v) is 10.1. The van der Waals surface area contributed by atoms with Crippen LogP contribution in [0.25, 0.3) is 0 Å². The zero-order chi connectivity index (χ0) is 18.2. The Bertz CT molecular complexity index is 456. The number of piperazine rings is 1. The van der Waals surface area contributed by atoms with Crippen molar-refractivity contribution in [2.24, 2.45) is 0 Å². The average molecular weight is 367 g/mol. The van der Waals surface area contributed by atoms with Gasteiger partial charge in [-0.05, 0) is 38.8 Å². The molecule has 0 bridgehead atoms. The standard InChI is InChI=1S/C18H33N5O3/c24-15-20-18(6-2-1-3-7-18)26-17(25)14-21-23-12-10-22(11-13-23)16-4-8-19-9-5-16/h15-16,19,21H,1-14H2,(H,20,24). The minimum atomic E-state index is -0.799. The SMILES string of the molecule is O=CNC1(OC(=O)CNN2CCN(C3CCNCC3)CC2)CCCCC1. The maximum Gasteiger partial charge on any atom is 0.323 e. The van der Waals surface area contributed by atoms with Crippen molar-refractivity contribution in [2.45, 2.75) is 56.7 Å². The van der Waals surface area contributed by atoms with Crippen molar-refractivity contribution in [2.75, 3.05) is 45.8 Å². The van der Waals surface area contributed by atoms with Crippen molar-refractivity contribution in [1.29, 1.82) is 0 Å². The lowest BCUT2D eigenvalue weighted by Gasteiger charge is -2.41. The Morgan fingerprint density at radius 2 is 1.81 bits per heavy atom. The monoisotopic (exact) mass is 367 g/mol. The Morgan fingerprint density at radius 1 is 1.12 bits per heavy atom. The summed E-state index contributed by atoms with van der Waals surface area (Å²) >= 11 is 0. The molecule has 8 nitrogen and oxygen atoms in total. The van der Waals surface area contributed by atoms with Crippen LogP contribution in [0, 0.1) is 0 Å². The van der Waals surface area contributed by atoms with Gasteiger partial charge in [0.1, 0.15) is 6.54 Å². The maximum atomic E-state index is 12.3. The second kappa shape index (κ2) is 9.64. The molecule has 3 rings (SSSR count). The van der Waals surface area contributed by atoms with Gasteiger partial charge in [0, 0.05) is 45.1 Å². The second-order valence-corrected chi connectivity index (χ2v) is 7.63. The number of nitrogens with zero attached hydrogens (tertiary/aromatic N) is 2. The molecule has 2 heterocycles. The number of carbonyl (C=O) groups excluding carboxylic acids is 2. The lowest BCUT2D eigenvalue weighted by Crippen LogP contribution is -2.57. The number of esters is 1. The Hall–Kier alpha value is -1.22. The van der Waals surface area contributed by atoms with E-state index < -0.39 is 5.72 Å². The highest BCUT2D eigenvalue weighted by molar-refractivity contribution is 5.72. The third kappa shape index (κ3) is 5.39. The van der Waals surface area contributed by atoms with E-state index in [9.17, 15) is 9.59 Å². The molecule has 0 unspecified atom stereocenters. The summed E-state index contributed by atoms with van der Waals surface area (Å²) in [7, 11) is 0. The average Bonchev–Trinajstić information content (AvgIpc) is 2.68. The zero-order valence-electron chi connectivity index (χ0n) is 15.7. The molecule has 1 aliphatic carbocycles. The van der Waals surface area contributed by atoms with Gasteiger partial charge in [0.2, 0.25) is 6.41 Å². The van der Waals surface area contributed by atoms with Crippen LogP contribution in [0.4, 0.5) is 0 Å². The van der Waals surface area contributed by atoms with E-state index in [0.29, 0.717) is 25.3 Å². The molecule has 0 radical (unpaired) electrons. The number of carbonyl (C=O) groups is 2. The fourth-order valence-electron chi connectivity index (χ4n) is 4.35. The smallest absolute Gasteiger partial charge is 0.323 e. The second-order valence-electron chi connectivity index (χ2n) is 7.63. The summed E-state index contributed by atoms with van der Waals surface area (Å²) in [6.45, 7) is 6.27. The van der Waals surface area contributed by atoms with Crippen molar-refractivity contribution in [1.82, 2.24) is 26.0 Å². The van der Waals surface area contributed by atoms with E-state index in [4.69, 9.17) is 4.74 Å². The van der Waals surface area contributed by atoms with Gasteiger partial charge in [-0.25, -0.2) is 10.4 Å². The number of ether oxygens (including phenoxy) is 1. The number of hydrogen-bond donors (Lipinski definition) is 3. The minimum Gasteiger partial charge on any atom is -0.438 e. The van der Waals surface area contributed by atoms with Crippen LogP contribution in [-0.4, -0.2) is 79.9 Å². The highest BCUT2D eigenvalue weighted by Crippen LogP contribution is 2.29. The van der Waals surface area contributed by atoms with E-state index in [0.717, 1.165) is 58.5 Å². The van der Waals surface area contributed by atoms with Gasteiger partial charge in [0.15, 0.2) is 5.72 Å². The number of nitrogens with one attached hydrogen (secondary N) is 3. The molecular formula is C18H33N5O3. The molecule has 0 aromatic heterocycles. The van der Waals surface area contributed by atoms with Crippen molar-refractivity contribution in [3.05, 3.63) is 0 Å². The molecule has 8 heteroatoms. The van der Waals surface area contributed by atoms with Gasteiger partial charge in [-0.3, -0.25) is 14.5 Å². The van der Waals surface area contributed by atoms with Gasteiger partial charge < -0.3 is 15.4 Å². The minimum absolute atomic E-state index is 0.148. The van der Waals surface area contributed by atoms with Crippen molar-refractivity contribution in [3.63, 3.8) is 0 Å². The molecule has 0 spiro atoms. The lowest BCUT2D eigenvalue weighted by molar-refractivity contribution is -0.168. The Labute approximate surface area is 156 Å². The first kappa shape index (κ1) is 19.5. The predicted octanol–water partition coefficient (Wildman–Crippen LogP) is -0.190. The summed E-state index contributed by atoms with van der Waals surface area (Å²) in [4.78, 5) is 25.7. The molecule has 2 aliphatic heterocycles.